The summed E-state index contributed by atoms with van der Waals surface area (Å²) >= 11 is 0. The predicted molar refractivity (Wildman–Crippen MR) is 121 cm³/mol. The summed E-state index contributed by atoms with van der Waals surface area (Å²) in [4.78, 5) is 36.9. The summed E-state index contributed by atoms with van der Waals surface area (Å²) in [5.74, 6) is 0.0277. The molecular formula is C25H25N3O4. The van der Waals surface area contributed by atoms with E-state index in [-0.39, 0.29) is 18.1 Å². The van der Waals surface area contributed by atoms with Gasteiger partial charge in [0.15, 0.2) is 6.04 Å². The van der Waals surface area contributed by atoms with Crippen molar-refractivity contribution in [2.75, 3.05) is 0 Å². The summed E-state index contributed by atoms with van der Waals surface area (Å²) < 4.78 is 5.93. The Morgan fingerprint density at radius 3 is 2.72 bits per heavy atom. The number of aliphatic imine (C=N–C) groups is 1. The summed E-state index contributed by atoms with van der Waals surface area (Å²) in [5, 5.41) is 11.5. The Labute approximate surface area is 186 Å². The van der Waals surface area contributed by atoms with Gasteiger partial charge in [-0.2, -0.15) is 0 Å². The van der Waals surface area contributed by atoms with E-state index in [4.69, 9.17) is 4.74 Å². The molecule has 1 saturated carbocycles. The molecule has 1 N–H and O–H groups in total. The van der Waals surface area contributed by atoms with Crippen LogP contribution in [-0.4, -0.2) is 38.6 Å². The van der Waals surface area contributed by atoms with Gasteiger partial charge in [-0.1, -0.05) is 25.5 Å². The highest BCUT2D eigenvalue weighted by Gasteiger charge is 2.31. The molecule has 7 heteroatoms. The first-order valence-corrected chi connectivity index (χ1v) is 10.8. The van der Waals surface area contributed by atoms with E-state index in [1.807, 2.05) is 31.2 Å². The highest BCUT2D eigenvalue weighted by Crippen LogP contribution is 2.28. The zero-order chi connectivity index (χ0) is 22.5. The fraction of sp³-hybridized carbons (Fsp3) is 0.320. The zero-order valence-electron chi connectivity index (χ0n) is 17.9. The van der Waals surface area contributed by atoms with Crippen LogP contribution >= 0.6 is 0 Å². The van der Waals surface area contributed by atoms with Crippen molar-refractivity contribution in [1.82, 2.24) is 9.97 Å². The molecule has 2 atom stereocenters. The molecule has 1 aliphatic rings. The van der Waals surface area contributed by atoms with Crippen molar-refractivity contribution >= 4 is 28.2 Å². The molecule has 0 radical (unpaired) electrons. The van der Waals surface area contributed by atoms with Crippen LogP contribution in [0.25, 0.3) is 10.8 Å². The third kappa shape index (κ3) is 4.82. The first-order valence-electron chi connectivity index (χ1n) is 10.8. The predicted octanol–water partition coefficient (Wildman–Crippen LogP) is 4.64. The van der Waals surface area contributed by atoms with E-state index in [0.717, 1.165) is 34.9 Å². The Bertz CT molecular complexity index is 1150. The first-order chi connectivity index (χ1) is 15.5. The highest BCUT2D eigenvalue weighted by molar-refractivity contribution is 6.11. The minimum Gasteiger partial charge on any atom is -0.480 e. The number of Topliss-reactive ketones (excluding diaryl/α,β-unsaturated/α-hetero) is 1. The van der Waals surface area contributed by atoms with E-state index in [2.05, 4.69) is 15.0 Å². The molecule has 0 spiro atoms. The second-order valence-corrected chi connectivity index (χ2v) is 7.95. The monoisotopic (exact) mass is 431 g/mol. The molecule has 4 rings (SSSR count). The largest absolute Gasteiger partial charge is 0.480 e. The maximum Gasteiger partial charge on any atom is 0.328 e. The molecule has 1 fully saturated rings. The summed E-state index contributed by atoms with van der Waals surface area (Å²) in [5.41, 5.74) is 1.57. The fourth-order valence-corrected chi connectivity index (χ4v) is 4.04. The Kier molecular flexibility index (Phi) is 6.54. The number of nitrogens with zero attached hydrogens (tertiary/aromatic N) is 3. The number of fused-ring (bicyclic) bond motifs is 1. The lowest BCUT2D eigenvalue weighted by Gasteiger charge is -2.13. The number of ether oxygens (including phenoxy) is 1. The molecular weight excluding hydrogens is 406 g/mol. The minimum atomic E-state index is -0.986. The SMILES string of the molecule is CCCC1C(=O)CCC1=N[C@@H](Cc1ccc(Oc2nccc3ccncc23)cc1)C(=O)O. The third-order valence-corrected chi connectivity index (χ3v) is 5.70. The standard InChI is InChI=1S/C25H25N3O4/c1-2-3-19-21(8-9-23(19)29)28-22(25(30)31)14-16-4-6-18(7-5-16)32-24-20-15-26-12-10-17(20)11-13-27-24/h4-7,10-13,15,19,22H,2-3,8-9,14H2,1H3,(H,30,31)/t19?,22-/m0/s1. The fourth-order valence-electron chi connectivity index (χ4n) is 4.04. The number of carboxylic acid groups (broad SMARTS) is 1. The van der Waals surface area contributed by atoms with Crippen molar-refractivity contribution in [3.63, 3.8) is 0 Å². The Balaban J connectivity index is 1.49. The van der Waals surface area contributed by atoms with Gasteiger partial charge in [0.05, 0.1) is 11.3 Å². The van der Waals surface area contributed by atoms with Crippen molar-refractivity contribution < 1.29 is 19.4 Å². The van der Waals surface area contributed by atoms with E-state index in [0.29, 0.717) is 24.5 Å². The number of benzene rings is 1. The normalized spacial score (nSPS) is 18.2. The lowest BCUT2D eigenvalue weighted by Crippen LogP contribution is -2.24. The number of carbonyl (C=O) groups is 2. The molecule has 7 nitrogen and oxygen atoms in total. The molecule has 32 heavy (non-hydrogen) atoms. The van der Waals surface area contributed by atoms with E-state index in [1.54, 1.807) is 30.7 Å². The van der Waals surface area contributed by atoms with Gasteiger partial charge in [0, 0.05) is 37.1 Å². The lowest BCUT2D eigenvalue weighted by atomic mass is 9.99. The quantitative estimate of drug-likeness (QED) is 0.558. The number of pyridine rings is 2. The molecule has 3 aromatic rings. The van der Waals surface area contributed by atoms with Gasteiger partial charge >= 0.3 is 5.97 Å². The van der Waals surface area contributed by atoms with Crippen LogP contribution in [0.5, 0.6) is 11.6 Å². The highest BCUT2D eigenvalue weighted by atomic mass is 16.5. The van der Waals surface area contributed by atoms with Crippen LogP contribution in [0.15, 0.2) is 60.0 Å². The minimum absolute atomic E-state index is 0.175. The van der Waals surface area contributed by atoms with Gasteiger partial charge < -0.3 is 9.84 Å². The van der Waals surface area contributed by atoms with Gasteiger partial charge in [-0.05, 0) is 48.1 Å². The van der Waals surface area contributed by atoms with Crippen molar-refractivity contribution in [1.29, 1.82) is 0 Å². The molecule has 0 saturated heterocycles. The van der Waals surface area contributed by atoms with Crippen molar-refractivity contribution in [2.45, 2.75) is 45.1 Å². The maximum absolute atomic E-state index is 12.1. The number of hydrogen-bond acceptors (Lipinski definition) is 6. The van der Waals surface area contributed by atoms with Crippen molar-refractivity contribution in [3.8, 4) is 11.6 Å². The number of ketones is 1. The molecule has 1 unspecified atom stereocenters. The van der Waals surface area contributed by atoms with Gasteiger partial charge in [-0.15, -0.1) is 0 Å². The first kappa shape index (κ1) is 21.6. The van der Waals surface area contributed by atoms with E-state index in [1.165, 1.54) is 0 Å². The Hall–Kier alpha value is -3.61. The molecule has 0 bridgehead atoms. The number of carboxylic acids is 1. The molecule has 1 aromatic carbocycles. The van der Waals surface area contributed by atoms with Crippen LogP contribution in [0.4, 0.5) is 0 Å². The van der Waals surface area contributed by atoms with E-state index >= 15 is 0 Å². The van der Waals surface area contributed by atoms with E-state index in [9.17, 15) is 14.7 Å². The number of carbonyl (C=O) groups excluding carboxylic acids is 1. The maximum atomic E-state index is 12.1. The van der Waals surface area contributed by atoms with Gasteiger partial charge in [-0.25, -0.2) is 9.78 Å². The smallest absolute Gasteiger partial charge is 0.328 e. The zero-order valence-corrected chi connectivity index (χ0v) is 17.9. The topological polar surface area (TPSA) is 102 Å². The van der Waals surface area contributed by atoms with Crippen LogP contribution in [0, 0.1) is 5.92 Å². The second kappa shape index (κ2) is 9.68. The second-order valence-electron chi connectivity index (χ2n) is 7.95. The molecule has 2 heterocycles. The van der Waals surface area contributed by atoms with Crippen LogP contribution in [0.3, 0.4) is 0 Å². The van der Waals surface area contributed by atoms with Gasteiger partial charge in [0.25, 0.3) is 0 Å². The third-order valence-electron chi connectivity index (χ3n) is 5.70. The van der Waals surface area contributed by atoms with Crippen molar-refractivity contribution in [2.24, 2.45) is 10.9 Å². The summed E-state index contributed by atoms with van der Waals surface area (Å²) in [6.07, 6.45) is 7.98. The molecule has 2 aromatic heterocycles. The molecule has 1 aliphatic carbocycles. The van der Waals surface area contributed by atoms with Crippen molar-refractivity contribution in [3.05, 3.63) is 60.6 Å². The average Bonchev–Trinajstić information content (AvgIpc) is 3.14. The van der Waals surface area contributed by atoms with Crippen LogP contribution in [0.2, 0.25) is 0 Å². The Morgan fingerprint density at radius 2 is 1.97 bits per heavy atom. The number of aromatic nitrogens is 2. The van der Waals surface area contributed by atoms with Crippen LogP contribution < -0.4 is 4.74 Å². The number of rotatable bonds is 8. The van der Waals surface area contributed by atoms with Crippen LogP contribution in [-0.2, 0) is 16.0 Å². The molecule has 0 amide bonds. The molecule has 164 valence electrons. The number of hydrogen-bond donors (Lipinski definition) is 1. The molecule has 0 aliphatic heterocycles. The van der Waals surface area contributed by atoms with E-state index < -0.39 is 12.0 Å². The van der Waals surface area contributed by atoms with Gasteiger partial charge in [0.1, 0.15) is 11.5 Å². The summed E-state index contributed by atoms with van der Waals surface area (Å²) in [7, 11) is 0. The summed E-state index contributed by atoms with van der Waals surface area (Å²) in [6.45, 7) is 2.02. The summed E-state index contributed by atoms with van der Waals surface area (Å²) in [6, 6.07) is 10.1. The van der Waals surface area contributed by atoms with Crippen LogP contribution in [0.1, 0.15) is 38.2 Å². The lowest BCUT2D eigenvalue weighted by molar-refractivity contribution is -0.138. The Morgan fingerprint density at radius 1 is 1.19 bits per heavy atom. The average molecular weight is 431 g/mol. The van der Waals surface area contributed by atoms with Gasteiger partial charge in [0.2, 0.25) is 5.88 Å². The number of aliphatic carboxylic acids is 1. The van der Waals surface area contributed by atoms with Gasteiger partial charge in [-0.3, -0.25) is 14.8 Å².